The maximum atomic E-state index is 14.0. The highest BCUT2D eigenvalue weighted by Crippen LogP contribution is 2.29. The maximum Gasteiger partial charge on any atom is 0.259 e. The average molecular weight is 522 g/mol. The van der Waals surface area contributed by atoms with Crippen LogP contribution < -0.4 is 4.74 Å². The lowest BCUT2D eigenvalue weighted by Gasteiger charge is -2.38. The van der Waals surface area contributed by atoms with Gasteiger partial charge in [0.2, 0.25) is 11.8 Å². The number of rotatable bonds is 5. The van der Waals surface area contributed by atoms with Gasteiger partial charge in [-0.3, -0.25) is 9.59 Å². The van der Waals surface area contributed by atoms with E-state index in [4.69, 9.17) is 4.74 Å². The van der Waals surface area contributed by atoms with Crippen molar-refractivity contribution in [1.82, 2.24) is 14.8 Å². The number of ether oxygens (including phenoxy) is 1. The predicted molar refractivity (Wildman–Crippen MR) is 142 cm³/mol. The van der Waals surface area contributed by atoms with E-state index >= 15 is 0 Å². The number of hydrogen-bond donors (Lipinski definition) is 1. The first-order valence-electron chi connectivity index (χ1n) is 13.4. The first-order valence-corrected chi connectivity index (χ1v) is 13.4. The molecule has 38 heavy (non-hydrogen) atoms. The highest BCUT2D eigenvalue weighted by Gasteiger charge is 2.35. The van der Waals surface area contributed by atoms with Crippen LogP contribution in [0.4, 0.5) is 4.39 Å². The van der Waals surface area contributed by atoms with Crippen LogP contribution in [0.5, 0.6) is 5.88 Å². The third-order valence-corrected chi connectivity index (χ3v) is 7.52. The molecule has 1 saturated carbocycles. The molecule has 3 atom stereocenters. The number of carbonyl (C=O) groups excluding carboxylic acids is 2. The first-order chi connectivity index (χ1) is 18.3. The molecule has 4 rings (SSSR count). The number of nitrogens with zero attached hydrogens (tertiary/aromatic N) is 3. The van der Waals surface area contributed by atoms with Crippen molar-refractivity contribution < 1.29 is 23.8 Å². The average Bonchev–Trinajstić information content (AvgIpc) is 2.94. The van der Waals surface area contributed by atoms with Crippen LogP contribution in [0.15, 0.2) is 36.5 Å². The van der Waals surface area contributed by atoms with Crippen LogP contribution in [0.25, 0.3) is 0 Å². The van der Waals surface area contributed by atoms with Gasteiger partial charge in [-0.15, -0.1) is 0 Å². The molecule has 1 aromatic heterocycles. The fraction of sp³-hybridized carbons (Fsp3) is 0.500. The van der Waals surface area contributed by atoms with Crippen molar-refractivity contribution in [2.45, 2.75) is 58.1 Å². The van der Waals surface area contributed by atoms with Crippen LogP contribution >= 0.6 is 0 Å². The van der Waals surface area contributed by atoms with Crippen LogP contribution in [0, 0.1) is 29.5 Å². The van der Waals surface area contributed by atoms with Crippen molar-refractivity contribution in [3.63, 3.8) is 0 Å². The number of aliphatic hydroxyl groups excluding tert-OH is 1. The quantitative estimate of drug-likeness (QED) is 0.604. The Bertz CT molecular complexity index is 1220. The summed E-state index contributed by atoms with van der Waals surface area (Å²) in [5, 5.41) is 9.87. The molecule has 202 valence electrons. The summed E-state index contributed by atoms with van der Waals surface area (Å²) in [4.78, 5) is 34.5. The van der Waals surface area contributed by atoms with Gasteiger partial charge in [0.05, 0.1) is 24.8 Å². The summed E-state index contributed by atoms with van der Waals surface area (Å²) >= 11 is 0. The molecule has 0 radical (unpaired) electrons. The Morgan fingerprint density at radius 1 is 1.26 bits per heavy atom. The second kappa shape index (κ2) is 12.4. The number of aliphatic hydroxyl groups is 1. The van der Waals surface area contributed by atoms with E-state index in [0.717, 1.165) is 25.7 Å². The van der Waals surface area contributed by atoms with Gasteiger partial charge in [-0.05, 0) is 38.0 Å². The van der Waals surface area contributed by atoms with Gasteiger partial charge >= 0.3 is 0 Å². The van der Waals surface area contributed by atoms with E-state index in [0.29, 0.717) is 18.7 Å². The van der Waals surface area contributed by atoms with Gasteiger partial charge in [0, 0.05) is 37.2 Å². The zero-order chi connectivity index (χ0) is 27.2. The SMILES string of the molecule is C[C@@H]1CN([C@@H](C)CO)C(=O)c2cc(C#Cc3ccccc3F)cnc2O[C@H]1CN(C)C(=O)C1CCCCC1. The summed E-state index contributed by atoms with van der Waals surface area (Å²) < 4.78 is 20.3. The normalized spacial score (nSPS) is 20.8. The Hall–Kier alpha value is -3.44. The Morgan fingerprint density at radius 3 is 2.71 bits per heavy atom. The highest BCUT2D eigenvalue weighted by molar-refractivity contribution is 5.97. The van der Waals surface area contributed by atoms with Gasteiger partial charge in [0.1, 0.15) is 17.5 Å². The molecule has 0 unspecified atom stereocenters. The van der Waals surface area contributed by atoms with E-state index in [1.165, 1.54) is 18.7 Å². The number of carbonyl (C=O) groups is 2. The lowest BCUT2D eigenvalue weighted by Crippen LogP contribution is -2.51. The van der Waals surface area contributed by atoms with Crippen molar-refractivity contribution in [2.24, 2.45) is 11.8 Å². The second-order valence-electron chi connectivity index (χ2n) is 10.5. The fourth-order valence-corrected chi connectivity index (χ4v) is 5.11. The molecule has 1 fully saturated rings. The minimum absolute atomic E-state index is 0.0473. The van der Waals surface area contributed by atoms with Crippen LogP contribution in [0.1, 0.15) is 67.4 Å². The molecule has 1 aliphatic heterocycles. The number of amides is 2. The molecule has 0 bridgehead atoms. The van der Waals surface area contributed by atoms with Gasteiger partial charge in [0.25, 0.3) is 5.91 Å². The van der Waals surface area contributed by atoms with E-state index < -0.39 is 18.0 Å². The minimum Gasteiger partial charge on any atom is -0.472 e. The number of benzene rings is 1. The van der Waals surface area contributed by atoms with Crippen molar-refractivity contribution in [2.75, 3.05) is 26.7 Å². The van der Waals surface area contributed by atoms with E-state index in [2.05, 4.69) is 16.8 Å². The van der Waals surface area contributed by atoms with E-state index in [-0.39, 0.29) is 47.3 Å². The van der Waals surface area contributed by atoms with Crippen LogP contribution in [-0.4, -0.2) is 70.6 Å². The lowest BCUT2D eigenvalue weighted by molar-refractivity contribution is -0.136. The summed E-state index contributed by atoms with van der Waals surface area (Å²) in [6, 6.07) is 7.39. The van der Waals surface area contributed by atoms with E-state index in [1.54, 1.807) is 48.0 Å². The smallest absolute Gasteiger partial charge is 0.259 e. The molecule has 2 aliphatic rings. The molecule has 7 nitrogen and oxygen atoms in total. The number of pyridine rings is 1. The molecule has 2 aromatic rings. The third-order valence-electron chi connectivity index (χ3n) is 7.52. The Balaban J connectivity index is 1.63. The zero-order valence-electron chi connectivity index (χ0n) is 22.3. The summed E-state index contributed by atoms with van der Waals surface area (Å²) in [6.45, 7) is 4.28. The molecule has 2 heterocycles. The zero-order valence-corrected chi connectivity index (χ0v) is 22.3. The monoisotopic (exact) mass is 521 g/mol. The molecular weight excluding hydrogens is 485 g/mol. The van der Waals surface area contributed by atoms with E-state index in [9.17, 15) is 19.1 Å². The number of halogens is 1. The number of likely N-dealkylation sites (N-methyl/N-ethyl adjacent to an activating group) is 1. The predicted octanol–water partition coefficient (Wildman–Crippen LogP) is 3.88. The number of aromatic nitrogens is 1. The first kappa shape index (κ1) is 27.6. The topological polar surface area (TPSA) is 83.0 Å². The van der Waals surface area contributed by atoms with Crippen molar-refractivity contribution in [1.29, 1.82) is 0 Å². The largest absolute Gasteiger partial charge is 0.472 e. The van der Waals surface area contributed by atoms with Crippen molar-refractivity contribution >= 4 is 11.8 Å². The molecule has 8 heteroatoms. The third kappa shape index (κ3) is 6.33. The lowest BCUT2D eigenvalue weighted by atomic mass is 9.88. The molecule has 1 N–H and O–H groups in total. The molecule has 2 amide bonds. The summed E-state index contributed by atoms with van der Waals surface area (Å²) in [5.74, 6) is 5.16. The maximum absolute atomic E-state index is 14.0. The van der Waals surface area contributed by atoms with Crippen LogP contribution in [0.3, 0.4) is 0 Å². The van der Waals surface area contributed by atoms with Gasteiger partial charge in [-0.1, -0.05) is 50.2 Å². The van der Waals surface area contributed by atoms with Crippen LogP contribution in [0.2, 0.25) is 0 Å². The molecule has 1 aromatic carbocycles. The Kier molecular flexibility index (Phi) is 9.01. The van der Waals surface area contributed by atoms with Gasteiger partial charge in [-0.2, -0.15) is 0 Å². The van der Waals surface area contributed by atoms with Crippen molar-refractivity contribution in [3.05, 3.63) is 59.0 Å². The Labute approximate surface area is 224 Å². The molecule has 1 aliphatic carbocycles. The van der Waals surface area contributed by atoms with E-state index in [1.807, 2.05) is 6.92 Å². The van der Waals surface area contributed by atoms with Gasteiger partial charge < -0.3 is 19.6 Å². The summed E-state index contributed by atoms with van der Waals surface area (Å²) in [7, 11) is 1.81. The molecule has 0 saturated heterocycles. The van der Waals surface area contributed by atoms with Crippen LogP contribution in [-0.2, 0) is 4.79 Å². The van der Waals surface area contributed by atoms with Crippen molar-refractivity contribution in [3.8, 4) is 17.7 Å². The molecular formula is C30H36FN3O4. The number of fused-ring (bicyclic) bond motifs is 1. The Morgan fingerprint density at radius 2 is 2.00 bits per heavy atom. The van der Waals surface area contributed by atoms with Gasteiger partial charge in [-0.25, -0.2) is 9.37 Å². The fourth-order valence-electron chi connectivity index (χ4n) is 5.11. The van der Waals surface area contributed by atoms with Gasteiger partial charge in [0.15, 0.2) is 0 Å². The molecule has 0 spiro atoms. The number of hydrogen-bond acceptors (Lipinski definition) is 5. The second-order valence-corrected chi connectivity index (χ2v) is 10.5. The highest BCUT2D eigenvalue weighted by atomic mass is 19.1. The summed E-state index contributed by atoms with van der Waals surface area (Å²) in [5.41, 5.74) is 0.913. The standard InChI is InChI=1S/C30H36FN3O4/c1-20-17-34(21(2)19-35)30(37)25-15-22(13-14-23-9-7-8-12-26(23)31)16-32-28(25)38-27(20)18-33(3)29(36)24-10-5-4-6-11-24/h7-9,12,15-16,20-21,24,27,35H,4-6,10-11,17-19H2,1-3H3/t20-,21+,27+/m1/s1. The summed E-state index contributed by atoms with van der Waals surface area (Å²) in [6.07, 6.45) is 6.27. The minimum atomic E-state index is -0.426.